The van der Waals surface area contributed by atoms with E-state index in [0.717, 1.165) is 17.4 Å². The quantitative estimate of drug-likeness (QED) is 0.895. The van der Waals surface area contributed by atoms with Gasteiger partial charge in [-0.15, -0.1) is 0 Å². The van der Waals surface area contributed by atoms with Gasteiger partial charge in [0.05, 0.1) is 0 Å². The van der Waals surface area contributed by atoms with E-state index < -0.39 is 0 Å². The van der Waals surface area contributed by atoms with Crippen LogP contribution in [0.3, 0.4) is 0 Å². The second kappa shape index (κ2) is 6.45. The molecule has 0 aliphatic heterocycles. The number of rotatable bonds is 5. The van der Waals surface area contributed by atoms with Crippen molar-refractivity contribution in [1.29, 1.82) is 0 Å². The summed E-state index contributed by atoms with van der Waals surface area (Å²) in [6.07, 6.45) is 4.73. The van der Waals surface area contributed by atoms with Crippen LogP contribution in [0.15, 0.2) is 33.7 Å². The number of pyridine rings is 1. The molecule has 2 heterocycles. The highest BCUT2D eigenvalue weighted by Gasteiger charge is 2.14. The first-order chi connectivity index (χ1) is 8.70. The third-order valence-corrected chi connectivity index (χ3v) is 4.24. The summed E-state index contributed by atoms with van der Waals surface area (Å²) in [5.41, 5.74) is 4.02. The fourth-order valence-corrected chi connectivity index (χ4v) is 3.39. The van der Waals surface area contributed by atoms with Crippen LogP contribution in [0, 0.1) is 6.92 Å². The first-order valence-electron chi connectivity index (χ1n) is 6.06. The third-order valence-electron chi connectivity index (χ3n) is 2.92. The number of aromatic nitrogens is 1. The molecule has 96 valence electrons. The summed E-state index contributed by atoms with van der Waals surface area (Å²) in [4.78, 5) is 4.23. The molecular weight excluding hydrogens is 308 g/mol. The standard InChI is InChI=1S/C14H17BrN2S/c1-3-17-14(13-9-18-8-10(13)2)5-11-4-12(15)7-16-6-11/h4,6-9,14,17H,3,5H2,1-2H3. The van der Waals surface area contributed by atoms with Gasteiger partial charge in [0, 0.05) is 22.9 Å². The van der Waals surface area contributed by atoms with Gasteiger partial charge in [-0.2, -0.15) is 11.3 Å². The van der Waals surface area contributed by atoms with E-state index >= 15 is 0 Å². The van der Waals surface area contributed by atoms with Crippen LogP contribution in [0.1, 0.15) is 29.7 Å². The van der Waals surface area contributed by atoms with Crippen molar-refractivity contribution in [3.63, 3.8) is 0 Å². The van der Waals surface area contributed by atoms with E-state index in [1.54, 1.807) is 11.3 Å². The first kappa shape index (κ1) is 13.7. The predicted molar refractivity (Wildman–Crippen MR) is 81.1 cm³/mol. The van der Waals surface area contributed by atoms with Gasteiger partial charge in [-0.05, 0) is 69.3 Å². The number of nitrogens with one attached hydrogen (secondary N) is 1. The van der Waals surface area contributed by atoms with Gasteiger partial charge in [0.2, 0.25) is 0 Å². The van der Waals surface area contributed by atoms with E-state index in [2.05, 4.69) is 56.9 Å². The summed E-state index contributed by atoms with van der Waals surface area (Å²) in [5.74, 6) is 0. The zero-order valence-electron chi connectivity index (χ0n) is 10.6. The van der Waals surface area contributed by atoms with Crippen LogP contribution >= 0.6 is 27.3 Å². The lowest BCUT2D eigenvalue weighted by atomic mass is 9.99. The zero-order valence-corrected chi connectivity index (χ0v) is 13.0. The van der Waals surface area contributed by atoms with Gasteiger partial charge in [0.1, 0.15) is 0 Å². The lowest BCUT2D eigenvalue weighted by Gasteiger charge is -2.18. The van der Waals surface area contributed by atoms with Crippen molar-refractivity contribution in [3.05, 3.63) is 50.4 Å². The number of nitrogens with zero attached hydrogens (tertiary/aromatic N) is 1. The minimum atomic E-state index is 0.373. The van der Waals surface area contributed by atoms with Crippen LogP contribution < -0.4 is 5.32 Å². The summed E-state index contributed by atoms with van der Waals surface area (Å²) in [6, 6.07) is 2.51. The molecule has 1 N–H and O–H groups in total. The van der Waals surface area contributed by atoms with E-state index in [-0.39, 0.29) is 0 Å². The number of halogens is 1. The smallest absolute Gasteiger partial charge is 0.0410 e. The number of likely N-dealkylation sites (N-methyl/N-ethyl adjacent to an activating group) is 1. The molecule has 1 atom stereocenters. The molecule has 2 aromatic rings. The molecule has 0 fully saturated rings. The normalized spacial score (nSPS) is 12.6. The molecule has 0 bridgehead atoms. The second-order valence-electron chi connectivity index (χ2n) is 4.34. The average Bonchev–Trinajstić information content (AvgIpc) is 2.75. The average molecular weight is 325 g/mol. The summed E-state index contributed by atoms with van der Waals surface area (Å²) in [6.45, 7) is 5.30. The molecule has 0 aliphatic carbocycles. The highest BCUT2D eigenvalue weighted by Crippen LogP contribution is 2.25. The molecule has 0 aliphatic rings. The van der Waals surface area contributed by atoms with Crippen LogP contribution in [0.4, 0.5) is 0 Å². The Balaban J connectivity index is 2.19. The highest BCUT2D eigenvalue weighted by molar-refractivity contribution is 9.10. The predicted octanol–water partition coefficient (Wildman–Crippen LogP) is 4.11. The van der Waals surface area contributed by atoms with Gasteiger partial charge in [-0.1, -0.05) is 6.92 Å². The molecule has 1 unspecified atom stereocenters. The van der Waals surface area contributed by atoms with Crippen molar-refractivity contribution >= 4 is 27.3 Å². The maximum atomic E-state index is 4.23. The van der Waals surface area contributed by atoms with E-state index in [0.29, 0.717) is 6.04 Å². The lowest BCUT2D eigenvalue weighted by molar-refractivity contribution is 0.548. The molecule has 0 radical (unpaired) electrons. The zero-order chi connectivity index (χ0) is 13.0. The van der Waals surface area contributed by atoms with Crippen LogP contribution in [-0.2, 0) is 6.42 Å². The highest BCUT2D eigenvalue weighted by atomic mass is 79.9. The Morgan fingerprint density at radius 1 is 1.39 bits per heavy atom. The Hall–Kier alpha value is -0.710. The summed E-state index contributed by atoms with van der Waals surface area (Å²) in [5, 5.41) is 8.01. The molecule has 4 heteroatoms. The Morgan fingerprint density at radius 3 is 2.83 bits per heavy atom. The van der Waals surface area contributed by atoms with E-state index in [9.17, 15) is 0 Å². The first-order valence-corrected chi connectivity index (χ1v) is 7.79. The van der Waals surface area contributed by atoms with Gasteiger partial charge < -0.3 is 5.32 Å². The van der Waals surface area contributed by atoms with Crippen LogP contribution in [0.2, 0.25) is 0 Å². The SMILES string of the molecule is CCNC(Cc1cncc(Br)c1)c1cscc1C. The van der Waals surface area contributed by atoms with Crippen molar-refractivity contribution in [3.8, 4) is 0 Å². The number of hydrogen-bond donors (Lipinski definition) is 1. The maximum absolute atomic E-state index is 4.23. The Bertz CT molecular complexity index is 510. The minimum absolute atomic E-state index is 0.373. The molecule has 2 aromatic heterocycles. The van der Waals surface area contributed by atoms with Gasteiger partial charge in [-0.3, -0.25) is 4.98 Å². The molecule has 0 spiro atoms. The summed E-state index contributed by atoms with van der Waals surface area (Å²) >= 11 is 5.24. The molecule has 0 saturated carbocycles. The molecule has 0 saturated heterocycles. The third kappa shape index (κ3) is 3.40. The Morgan fingerprint density at radius 2 is 2.22 bits per heavy atom. The van der Waals surface area contributed by atoms with Gasteiger partial charge in [0.25, 0.3) is 0 Å². The summed E-state index contributed by atoms with van der Waals surface area (Å²) in [7, 11) is 0. The Labute approximate surface area is 121 Å². The van der Waals surface area contributed by atoms with Crippen molar-refractivity contribution in [2.24, 2.45) is 0 Å². The largest absolute Gasteiger partial charge is 0.310 e. The number of hydrogen-bond acceptors (Lipinski definition) is 3. The molecule has 2 nitrogen and oxygen atoms in total. The molecule has 0 aromatic carbocycles. The monoisotopic (exact) mass is 324 g/mol. The molecular formula is C14H17BrN2S. The lowest BCUT2D eigenvalue weighted by Crippen LogP contribution is -2.23. The maximum Gasteiger partial charge on any atom is 0.0410 e. The van der Waals surface area contributed by atoms with E-state index in [4.69, 9.17) is 0 Å². The van der Waals surface area contributed by atoms with Crippen LogP contribution in [0.5, 0.6) is 0 Å². The van der Waals surface area contributed by atoms with E-state index in [1.807, 2.05) is 12.4 Å². The van der Waals surface area contributed by atoms with Crippen LogP contribution in [0.25, 0.3) is 0 Å². The number of aryl methyl sites for hydroxylation is 1. The number of thiophene rings is 1. The van der Waals surface area contributed by atoms with Gasteiger partial charge in [0.15, 0.2) is 0 Å². The molecule has 2 rings (SSSR count). The van der Waals surface area contributed by atoms with Crippen molar-refractivity contribution in [2.45, 2.75) is 26.3 Å². The van der Waals surface area contributed by atoms with Crippen molar-refractivity contribution in [2.75, 3.05) is 6.54 Å². The van der Waals surface area contributed by atoms with Crippen molar-refractivity contribution < 1.29 is 0 Å². The topological polar surface area (TPSA) is 24.9 Å². The Kier molecular flexibility index (Phi) is 4.92. The fourth-order valence-electron chi connectivity index (χ4n) is 2.07. The minimum Gasteiger partial charge on any atom is -0.310 e. The second-order valence-corrected chi connectivity index (χ2v) is 6.00. The van der Waals surface area contributed by atoms with Gasteiger partial charge >= 0.3 is 0 Å². The van der Waals surface area contributed by atoms with Crippen LogP contribution in [-0.4, -0.2) is 11.5 Å². The molecule has 18 heavy (non-hydrogen) atoms. The van der Waals surface area contributed by atoms with E-state index in [1.165, 1.54) is 16.7 Å². The molecule has 0 amide bonds. The van der Waals surface area contributed by atoms with Crippen molar-refractivity contribution in [1.82, 2.24) is 10.3 Å². The summed E-state index contributed by atoms with van der Waals surface area (Å²) < 4.78 is 1.04. The fraction of sp³-hybridized carbons (Fsp3) is 0.357. The van der Waals surface area contributed by atoms with Gasteiger partial charge in [-0.25, -0.2) is 0 Å².